The molecule has 1 saturated heterocycles. The Morgan fingerprint density at radius 1 is 1.00 bits per heavy atom. The van der Waals surface area contributed by atoms with Gasteiger partial charge in [-0.25, -0.2) is 4.79 Å². The van der Waals surface area contributed by atoms with Gasteiger partial charge < -0.3 is 10.0 Å². The lowest BCUT2D eigenvalue weighted by Crippen LogP contribution is -2.35. The number of carbonyl (C=O) groups excluding carboxylic acids is 1. The summed E-state index contributed by atoms with van der Waals surface area (Å²) in [4.78, 5) is 29.3. The van der Waals surface area contributed by atoms with E-state index in [0.717, 1.165) is 76.7 Å². The molecule has 2 amide bonds. The van der Waals surface area contributed by atoms with Gasteiger partial charge >= 0.3 is 12.0 Å². The summed E-state index contributed by atoms with van der Waals surface area (Å²) in [6.07, 6.45) is 13.2. The summed E-state index contributed by atoms with van der Waals surface area (Å²) >= 11 is 0. The van der Waals surface area contributed by atoms with Crippen LogP contribution >= 0.6 is 0 Å². The van der Waals surface area contributed by atoms with Crippen molar-refractivity contribution >= 4 is 17.8 Å². The summed E-state index contributed by atoms with van der Waals surface area (Å²) < 4.78 is 0. The molecule has 0 radical (unpaired) electrons. The second kappa shape index (κ2) is 14.5. The van der Waals surface area contributed by atoms with Gasteiger partial charge in [-0.2, -0.15) is 0 Å². The smallest absolute Gasteiger partial charge is 0.323 e. The molecule has 2 N–H and O–H groups in total. The quantitative estimate of drug-likeness (QED) is 0.370. The molecule has 0 saturated carbocycles. The predicted octanol–water partition coefficient (Wildman–Crippen LogP) is 4.97. The number of carboxylic acid groups (broad SMARTS) is 1. The number of carbonyl (C=O) groups is 2. The Bertz CT molecular complexity index is 466. The molecule has 0 aromatic heterocycles. The van der Waals surface area contributed by atoms with Crippen LogP contribution in [0.3, 0.4) is 0 Å². The number of nitrogens with zero attached hydrogens (tertiary/aromatic N) is 2. The Hall–Kier alpha value is -1.59. The number of amidine groups is 1. The van der Waals surface area contributed by atoms with Gasteiger partial charge in [0.15, 0.2) is 0 Å². The molecule has 0 aliphatic carbocycles. The molecule has 0 aromatic rings. The minimum Gasteiger partial charge on any atom is -0.481 e. The summed E-state index contributed by atoms with van der Waals surface area (Å²) in [6, 6.07) is 0.156. The first kappa shape index (κ1) is 23.4. The van der Waals surface area contributed by atoms with Crippen LogP contribution in [0.5, 0.6) is 0 Å². The van der Waals surface area contributed by atoms with Crippen LogP contribution in [0.2, 0.25) is 0 Å². The van der Waals surface area contributed by atoms with Crippen molar-refractivity contribution in [1.29, 1.82) is 0 Å². The maximum Gasteiger partial charge on any atom is 0.323 e. The Kier molecular flexibility index (Phi) is 12.6. The van der Waals surface area contributed by atoms with E-state index in [2.05, 4.69) is 19.2 Å². The van der Waals surface area contributed by atoms with Crippen LogP contribution in [0.25, 0.3) is 0 Å². The summed E-state index contributed by atoms with van der Waals surface area (Å²) in [5, 5.41) is 11.6. The number of aliphatic carboxylic acids is 1. The van der Waals surface area contributed by atoms with E-state index in [1.165, 1.54) is 19.3 Å². The normalized spacial score (nSPS) is 18.3. The van der Waals surface area contributed by atoms with Crippen molar-refractivity contribution in [2.24, 2.45) is 4.99 Å². The van der Waals surface area contributed by atoms with Crippen LogP contribution in [0.1, 0.15) is 97.3 Å². The van der Waals surface area contributed by atoms with E-state index >= 15 is 0 Å². The van der Waals surface area contributed by atoms with E-state index in [1.54, 1.807) is 0 Å². The summed E-state index contributed by atoms with van der Waals surface area (Å²) in [6.45, 7) is 5.91. The van der Waals surface area contributed by atoms with Crippen molar-refractivity contribution in [1.82, 2.24) is 10.2 Å². The first-order valence-corrected chi connectivity index (χ1v) is 10.9. The van der Waals surface area contributed by atoms with Crippen LogP contribution in [-0.4, -0.2) is 47.0 Å². The largest absolute Gasteiger partial charge is 0.481 e. The number of rotatable bonds is 16. The van der Waals surface area contributed by atoms with Crippen LogP contribution < -0.4 is 5.32 Å². The highest BCUT2D eigenvalue weighted by Crippen LogP contribution is 2.16. The number of hydrogen-bond acceptors (Lipinski definition) is 3. The predicted molar refractivity (Wildman–Crippen MR) is 110 cm³/mol. The fraction of sp³-hybridized carbons (Fsp3) is 0.857. The Labute approximate surface area is 164 Å². The van der Waals surface area contributed by atoms with Crippen molar-refractivity contribution in [3.63, 3.8) is 0 Å². The highest BCUT2D eigenvalue weighted by molar-refractivity contribution is 6.07. The molecule has 27 heavy (non-hydrogen) atoms. The molecule has 6 heteroatoms. The lowest BCUT2D eigenvalue weighted by molar-refractivity contribution is -0.137. The number of unbranched alkanes of at least 4 members (excludes halogenated alkanes) is 8. The molecule has 0 bridgehead atoms. The number of amides is 2. The minimum absolute atomic E-state index is 0.0172. The lowest BCUT2D eigenvalue weighted by Gasteiger charge is -2.22. The molecule has 1 atom stereocenters. The summed E-state index contributed by atoms with van der Waals surface area (Å²) in [7, 11) is 0. The monoisotopic (exact) mass is 381 g/mol. The van der Waals surface area contributed by atoms with Crippen LogP contribution in [0.4, 0.5) is 4.79 Å². The van der Waals surface area contributed by atoms with Gasteiger partial charge in [0.1, 0.15) is 5.84 Å². The van der Waals surface area contributed by atoms with E-state index in [0.29, 0.717) is 6.42 Å². The summed E-state index contributed by atoms with van der Waals surface area (Å²) in [5.74, 6) is 0.182. The molecule has 1 fully saturated rings. The van der Waals surface area contributed by atoms with Crippen molar-refractivity contribution in [3.8, 4) is 0 Å². The average Bonchev–Trinajstić information content (AvgIpc) is 2.92. The minimum atomic E-state index is -0.690. The fourth-order valence-corrected chi connectivity index (χ4v) is 3.50. The van der Waals surface area contributed by atoms with E-state index in [1.807, 2.05) is 4.90 Å². The zero-order valence-corrected chi connectivity index (χ0v) is 17.3. The number of carboxylic acids is 1. The van der Waals surface area contributed by atoms with Crippen molar-refractivity contribution in [2.45, 2.75) is 103 Å². The van der Waals surface area contributed by atoms with Gasteiger partial charge in [0.25, 0.3) is 0 Å². The average molecular weight is 382 g/mol. The van der Waals surface area contributed by atoms with Gasteiger partial charge in [0, 0.05) is 19.5 Å². The molecule has 156 valence electrons. The van der Waals surface area contributed by atoms with Gasteiger partial charge in [0.05, 0.1) is 6.04 Å². The second-order valence-electron chi connectivity index (χ2n) is 7.52. The van der Waals surface area contributed by atoms with Gasteiger partial charge in [0.2, 0.25) is 0 Å². The molecular formula is C21H39N3O3. The van der Waals surface area contributed by atoms with Crippen molar-refractivity contribution in [2.75, 3.05) is 13.1 Å². The highest BCUT2D eigenvalue weighted by atomic mass is 16.4. The molecule has 1 aliphatic heterocycles. The fourth-order valence-electron chi connectivity index (χ4n) is 3.50. The van der Waals surface area contributed by atoms with Crippen molar-refractivity contribution < 1.29 is 14.7 Å². The standard InChI is InChI=1S/C21H39N3O3/c1-3-5-17-24-18(14-4-2)20(23-21(24)27)22-16-13-11-9-7-6-8-10-12-15-19(25)26/h18H,3-17H2,1-2H3,(H,25,26)(H,22,23,27). The number of urea groups is 1. The van der Waals surface area contributed by atoms with Crippen molar-refractivity contribution in [3.05, 3.63) is 0 Å². The number of hydrogen-bond donors (Lipinski definition) is 2. The highest BCUT2D eigenvalue weighted by Gasteiger charge is 2.34. The molecule has 1 unspecified atom stereocenters. The van der Waals surface area contributed by atoms with Crippen LogP contribution in [0.15, 0.2) is 4.99 Å². The first-order chi connectivity index (χ1) is 13.1. The second-order valence-corrected chi connectivity index (χ2v) is 7.52. The number of nitrogens with one attached hydrogen (secondary N) is 1. The van der Waals surface area contributed by atoms with E-state index in [4.69, 9.17) is 10.1 Å². The molecular weight excluding hydrogens is 342 g/mol. The topological polar surface area (TPSA) is 82.0 Å². The third kappa shape index (κ3) is 9.78. The van der Waals surface area contributed by atoms with E-state index in [-0.39, 0.29) is 12.1 Å². The van der Waals surface area contributed by atoms with Gasteiger partial charge in [-0.1, -0.05) is 65.2 Å². The molecule has 6 nitrogen and oxygen atoms in total. The Morgan fingerprint density at radius 3 is 2.22 bits per heavy atom. The lowest BCUT2D eigenvalue weighted by atomic mass is 10.1. The maximum absolute atomic E-state index is 12.2. The third-order valence-electron chi connectivity index (χ3n) is 5.08. The summed E-state index contributed by atoms with van der Waals surface area (Å²) in [5.41, 5.74) is 0. The van der Waals surface area contributed by atoms with Gasteiger partial charge in [-0.15, -0.1) is 0 Å². The van der Waals surface area contributed by atoms with E-state index < -0.39 is 5.97 Å². The van der Waals surface area contributed by atoms with Gasteiger partial charge in [-0.05, 0) is 25.7 Å². The molecule has 0 aromatic carbocycles. The molecule has 1 aliphatic rings. The van der Waals surface area contributed by atoms with E-state index in [9.17, 15) is 9.59 Å². The first-order valence-electron chi connectivity index (χ1n) is 10.9. The van der Waals surface area contributed by atoms with Gasteiger partial charge in [-0.3, -0.25) is 15.1 Å². The maximum atomic E-state index is 12.2. The zero-order valence-electron chi connectivity index (χ0n) is 17.3. The van der Waals surface area contributed by atoms with Crippen LogP contribution in [-0.2, 0) is 4.79 Å². The third-order valence-corrected chi connectivity index (χ3v) is 5.08. The zero-order chi connectivity index (χ0) is 19.9. The SMILES string of the molecule is CCCCN1C(=O)NC(=NCCCCCCCCCCC(=O)O)C1CCC. The Morgan fingerprint density at radius 2 is 1.63 bits per heavy atom. The van der Waals surface area contributed by atoms with Crippen LogP contribution in [0, 0.1) is 0 Å². The molecule has 0 spiro atoms. The number of aliphatic imine (C=N–C) groups is 1. The molecule has 1 rings (SSSR count). The molecule has 1 heterocycles. The Balaban J connectivity index is 2.18.